The van der Waals surface area contributed by atoms with E-state index in [2.05, 4.69) is 10.3 Å². The van der Waals surface area contributed by atoms with Gasteiger partial charge in [0.15, 0.2) is 0 Å². The molecule has 1 aliphatic rings. The van der Waals surface area contributed by atoms with Crippen LogP contribution in [0.25, 0.3) is 10.9 Å². The predicted octanol–water partition coefficient (Wildman–Crippen LogP) is 3.19. The number of amides is 1. The molecule has 1 N–H and O–H groups in total. The fraction of sp³-hybridized carbons (Fsp3) is 0.444. The topological polar surface area (TPSA) is 51.2 Å². The molecular formula is C18H22N2O2S. The predicted molar refractivity (Wildman–Crippen MR) is 95.1 cm³/mol. The molecule has 0 unspecified atom stereocenters. The van der Waals surface area contributed by atoms with Gasteiger partial charge < -0.3 is 10.1 Å². The summed E-state index contributed by atoms with van der Waals surface area (Å²) in [6.07, 6.45) is 2.23. The van der Waals surface area contributed by atoms with Gasteiger partial charge in [0, 0.05) is 41.8 Å². The van der Waals surface area contributed by atoms with E-state index in [1.807, 2.05) is 49.0 Å². The Morgan fingerprint density at radius 1 is 1.30 bits per heavy atom. The number of hydrogen-bond acceptors (Lipinski definition) is 4. The minimum absolute atomic E-state index is 0.0405. The van der Waals surface area contributed by atoms with Gasteiger partial charge in [-0.05, 0) is 31.9 Å². The van der Waals surface area contributed by atoms with Crippen molar-refractivity contribution in [2.24, 2.45) is 0 Å². The molecule has 1 aromatic heterocycles. The zero-order chi connectivity index (χ0) is 16.1. The minimum Gasteiger partial charge on any atom is -0.381 e. The molecule has 0 saturated carbocycles. The SMILES string of the molecule is Cc1ccc2cccc(C(=O)NCCSC3CCOCC3)c2n1. The summed E-state index contributed by atoms with van der Waals surface area (Å²) in [5.74, 6) is 0.898. The summed E-state index contributed by atoms with van der Waals surface area (Å²) in [6, 6.07) is 9.71. The van der Waals surface area contributed by atoms with Gasteiger partial charge in [-0.1, -0.05) is 18.2 Å². The van der Waals surface area contributed by atoms with Crippen LogP contribution < -0.4 is 5.32 Å². The number of benzene rings is 1. The first-order valence-electron chi connectivity index (χ1n) is 8.08. The van der Waals surface area contributed by atoms with Crippen molar-refractivity contribution in [3.05, 3.63) is 41.6 Å². The van der Waals surface area contributed by atoms with Crippen molar-refractivity contribution in [1.29, 1.82) is 0 Å². The molecule has 0 aliphatic carbocycles. The van der Waals surface area contributed by atoms with Gasteiger partial charge in [0.25, 0.3) is 5.91 Å². The lowest BCUT2D eigenvalue weighted by molar-refractivity contribution is 0.0956. The van der Waals surface area contributed by atoms with Crippen LogP contribution in [0.5, 0.6) is 0 Å². The number of aryl methyl sites for hydroxylation is 1. The average molecular weight is 330 g/mol. The Morgan fingerprint density at radius 2 is 2.13 bits per heavy atom. The highest BCUT2D eigenvalue weighted by Crippen LogP contribution is 2.21. The molecule has 1 aliphatic heterocycles. The molecule has 1 amide bonds. The highest BCUT2D eigenvalue weighted by molar-refractivity contribution is 7.99. The van der Waals surface area contributed by atoms with Crippen molar-refractivity contribution in [3.8, 4) is 0 Å². The van der Waals surface area contributed by atoms with E-state index in [0.717, 1.165) is 48.4 Å². The van der Waals surface area contributed by atoms with Gasteiger partial charge in [-0.15, -0.1) is 0 Å². The molecule has 0 radical (unpaired) electrons. The molecular weight excluding hydrogens is 308 g/mol. The van der Waals surface area contributed by atoms with Gasteiger partial charge >= 0.3 is 0 Å². The van der Waals surface area contributed by atoms with Crippen molar-refractivity contribution in [2.75, 3.05) is 25.5 Å². The van der Waals surface area contributed by atoms with Crippen molar-refractivity contribution < 1.29 is 9.53 Å². The molecule has 1 fully saturated rings. The second-order valence-electron chi connectivity index (χ2n) is 5.77. The highest BCUT2D eigenvalue weighted by atomic mass is 32.2. The third-order valence-corrected chi connectivity index (χ3v) is 5.40. The number of para-hydroxylation sites is 1. The number of nitrogens with one attached hydrogen (secondary N) is 1. The summed E-state index contributed by atoms with van der Waals surface area (Å²) in [6.45, 7) is 4.36. The number of ether oxygens (including phenoxy) is 1. The number of hydrogen-bond donors (Lipinski definition) is 1. The number of fused-ring (bicyclic) bond motifs is 1. The number of carbonyl (C=O) groups excluding carboxylic acids is 1. The fourth-order valence-corrected chi connectivity index (χ4v) is 3.83. The molecule has 1 aromatic carbocycles. The van der Waals surface area contributed by atoms with Crippen LogP contribution in [0.4, 0.5) is 0 Å². The fourth-order valence-electron chi connectivity index (χ4n) is 2.76. The van der Waals surface area contributed by atoms with Crippen molar-refractivity contribution in [2.45, 2.75) is 25.0 Å². The quantitative estimate of drug-likeness (QED) is 0.856. The molecule has 5 heteroatoms. The van der Waals surface area contributed by atoms with Crippen LogP contribution in [0.1, 0.15) is 28.9 Å². The molecule has 23 heavy (non-hydrogen) atoms. The van der Waals surface area contributed by atoms with Crippen LogP contribution in [0.15, 0.2) is 30.3 Å². The maximum atomic E-state index is 12.4. The van der Waals surface area contributed by atoms with E-state index in [0.29, 0.717) is 17.4 Å². The minimum atomic E-state index is -0.0405. The first-order valence-corrected chi connectivity index (χ1v) is 9.13. The van der Waals surface area contributed by atoms with Gasteiger partial charge in [-0.2, -0.15) is 11.8 Å². The summed E-state index contributed by atoms with van der Waals surface area (Å²) >= 11 is 1.93. The number of nitrogens with zero attached hydrogens (tertiary/aromatic N) is 1. The summed E-state index contributed by atoms with van der Waals surface area (Å²) in [5.41, 5.74) is 2.36. The monoisotopic (exact) mass is 330 g/mol. The Kier molecular flexibility index (Phi) is 5.51. The van der Waals surface area contributed by atoms with Crippen molar-refractivity contribution in [3.63, 3.8) is 0 Å². The largest absolute Gasteiger partial charge is 0.381 e. The number of aromatic nitrogens is 1. The molecule has 3 rings (SSSR count). The van der Waals surface area contributed by atoms with Gasteiger partial charge in [0.1, 0.15) is 0 Å². The van der Waals surface area contributed by atoms with E-state index in [-0.39, 0.29) is 5.91 Å². The Labute approximate surface area is 141 Å². The zero-order valence-corrected chi connectivity index (χ0v) is 14.2. The van der Waals surface area contributed by atoms with Crippen LogP contribution in [-0.4, -0.2) is 41.7 Å². The van der Waals surface area contributed by atoms with Crippen molar-refractivity contribution >= 4 is 28.6 Å². The van der Waals surface area contributed by atoms with E-state index in [9.17, 15) is 4.79 Å². The summed E-state index contributed by atoms with van der Waals surface area (Å²) < 4.78 is 5.36. The summed E-state index contributed by atoms with van der Waals surface area (Å²) in [5, 5.41) is 4.69. The number of pyridine rings is 1. The molecule has 1 saturated heterocycles. The summed E-state index contributed by atoms with van der Waals surface area (Å²) in [7, 11) is 0. The molecule has 122 valence electrons. The average Bonchev–Trinajstić information content (AvgIpc) is 2.59. The van der Waals surface area contributed by atoms with Gasteiger partial charge in [0.2, 0.25) is 0 Å². The Balaban J connectivity index is 1.57. The van der Waals surface area contributed by atoms with Crippen molar-refractivity contribution in [1.82, 2.24) is 10.3 Å². The number of thioether (sulfide) groups is 1. The third-order valence-electron chi connectivity index (χ3n) is 4.01. The van der Waals surface area contributed by atoms with E-state index < -0.39 is 0 Å². The second kappa shape index (κ2) is 7.79. The first-order chi connectivity index (χ1) is 11.2. The lowest BCUT2D eigenvalue weighted by atomic mass is 10.1. The summed E-state index contributed by atoms with van der Waals surface area (Å²) in [4.78, 5) is 17.0. The van der Waals surface area contributed by atoms with Crippen LogP contribution in [-0.2, 0) is 4.74 Å². The molecule has 0 atom stereocenters. The first kappa shape index (κ1) is 16.3. The highest BCUT2D eigenvalue weighted by Gasteiger charge is 2.14. The van der Waals surface area contributed by atoms with E-state index >= 15 is 0 Å². The van der Waals surface area contributed by atoms with Gasteiger partial charge in [-0.25, -0.2) is 0 Å². The van der Waals surface area contributed by atoms with E-state index in [4.69, 9.17) is 4.74 Å². The van der Waals surface area contributed by atoms with Crippen LogP contribution in [0.3, 0.4) is 0 Å². The van der Waals surface area contributed by atoms with E-state index in [1.165, 1.54) is 0 Å². The Bertz CT molecular complexity index is 684. The van der Waals surface area contributed by atoms with Crippen LogP contribution in [0.2, 0.25) is 0 Å². The molecule has 2 aromatic rings. The van der Waals surface area contributed by atoms with Gasteiger partial charge in [-0.3, -0.25) is 9.78 Å². The number of rotatable bonds is 5. The molecule has 4 nitrogen and oxygen atoms in total. The zero-order valence-electron chi connectivity index (χ0n) is 13.4. The Morgan fingerprint density at radius 3 is 2.96 bits per heavy atom. The lowest BCUT2D eigenvalue weighted by Crippen LogP contribution is -2.27. The molecule has 0 bridgehead atoms. The second-order valence-corrected chi connectivity index (χ2v) is 7.18. The maximum Gasteiger partial charge on any atom is 0.253 e. The smallest absolute Gasteiger partial charge is 0.253 e. The lowest BCUT2D eigenvalue weighted by Gasteiger charge is -2.21. The normalized spacial score (nSPS) is 15.7. The van der Waals surface area contributed by atoms with E-state index in [1.54, 1.807) is 0 Å². The molecule has 0 spiro atoms. The standard InChI is InChI=1S/C18H22N2O2S/c1-13-5-6-14-3-2-4-16(17(14)20-13)18(21)19-9-12-23-15-7-10-22-11-8-15/h2-6,15H,7-12H2,1H3,(H,19,21). The maximum absolute atomic E-state index is 12.4. The van der Waals surface area contributed by atoms with Crippen LogP contribution >= 0.6 is 11.8 Å². The van der Waals surface area contributed by atoms with Gasteiger partial charge in [0.05, 0.1) is 11.1 Å². The molecule has 2 heterocycles. The third kappa shape index (κ3) is 4.24. The van der Waals surface area contributed by atoms with Crippen LogP contribution in [0, 0.1) is 6.92 Å². The Hall–Kier alpha value is -1.59. The number of carbonyl (C=O) groups is 1.